The summed E-state index contributed by atoms with van der Waals surface area (Å²) in [5.74, 6) is -2.72. The maximum atomic E-state index is 12.7. The molecule has 30 heavy (non-hydrogen) atoms. The number of thioether (sulfide) groups is 1. The Morgan fingerprint density at radius 1 is 1.23 bits per heavy atom. The Balaban J connectivity index is 1.69. The molecule has 0 saturated carbocycles. The lowest BCUT2D eigenvalue weighted by Crippen LogP contribution is -2.71. The number of esters is 1. The fraction of sp³-hybridized carbons (Fsp3) is 0.400. The van der Waals surface area contributed by atoms with Crippen molar-refractivity contribution in [2.24, 2.45) is 0 Å². The fourth-order valence-electron chi connectivity index (χ4n) is 2.98. The van der Waals surface area contributed by atoms with Crippen LogP contribution in [-0.2, 0) is 23.9 Å². The van der Waals surface area contributed by atoms with E-state index >= 15 is 0 Å². The molecule has 1 aromatic carbocycles. The van der Waals surface area contributed by atoms with Crippen LogP contribution in [0.15, 0.2) is 41.6 Å². The van der Waals surface area contributed by atoms with E-state index in [-0.39, 0.29) is 23.6 Å². The minimum atomic E-state index is -1.29. The van der Waals surface area contributed by atoms with Crippen molar-refractivity contribution in [1.82, 2.24) is 10.2 Å². The number of amides is 2. The third kappa shape index (κ3) is 4.59. The molecule has 2 atom stereocenters. The number of β-lactam (4-membered cyclic amide) rings is 1. The van der Waals surface area contributed by atoms with Crippen molar-refractivity contribution in [3.63, 3.8) is 0 Å². The van der Waals surface area contributed by atoms with Gasteiger partial charge in [-0.3, -0.25) is 14.5 Å². The number of aliphatic carboxylic acids is 1. The lowest BCUT2D eigenvalue weighted by atomic mass is 10.0. The van der Waals surface area contributed by atoms with Gasteiger partial charge in [0.05, 0.1) is 5.57 Å². The largest absolute Gasteiger partial charge is 0.484 e. The second-order valence-corrected chi connectivity index (χ2v) is 8.80. The van der Waals surface area contributed by atoms with E-state index in [1.165, 1.54) is 0 Å². The third-order valence-electron chi connectivity index (χ3n) is 4.25. The van der Waals surface area contributed by atoms with Gasteiger partial charge in [-0.25, -0.2) is 9.59 Å². The van der Waals surface area contributed by atoms with Gasteiger partial charge in [-0.1, -0.05) is 18.2 Å². The van der Waals surface area contributed by atoms with E-state index in [1.54, 1.807) is 45.0 Å². The van der Waals surface area contributed by atoms with Crippen LogP contribution in [0.5, 0.6) is 5.75 Å². The zero-order valence-electron chi connectivity index (χ0n) is 16.7. The van der Waals surface area contributed by atoms with Crippen molar-refractivity contribution in [3.05, 3.63) is 41.6 Å². The Labute approximate surface area is 177 Å². The zero-order valence-corrected chi connectivity index (χ0v) is 17.5. The molecule has 1 aromatic rings. The Kier molecular flexibility index (Phi) is 6.06. The highest BCUT2D eigenvalue weighted by Crippen LogP contribution is 2.41. The maximum absolute atomic E-state index is 12.7. The average molecular weight is 434 g/mol. The molecule has 9 nitrogen and oxygen atoms in total. The van der Waals surface area contributed by atoms with Crippen LogP contribution in [0.4, 0.5) is 0 Å². The molecule has 160 valence electrons. The Bertz CT molecular complexity index is 907. The number of carbonyl (C=O) groups is 4. The predicted molar refractivity (Wildman–Crippen MR) is 107 cm³/mol. The van der Waals surface area contributed by atoms with Crippen LogP contribution >= 0.6 is 11.8 Å². The van der Waals surface area contributed by atoms with E-state index < -0.39 is 40.8 Å². The molecular formula is C20H22N2O7S. The first-order chi connectivity index (χ1) is 14.1. The molecule has 0 radical (unpaired) electrons. The molecule has 2 N–H and O–H groups in total. The first-order valence-electron chi connectivity index (χ1n) is 9.20. The fourth-order valence-corrected chi connectivity index (χ4v) is 4.31. The van der Waals surface area contributed by atoms with E-state index in [1.807, 2.05) is 6.07 Å². The number of hydrogen-bond donors (Lipinski definition) is 2. The van der Waals surface area contributed by atoms with Crippen LogP contribution in [0, 0.1) is 0 Å². The number of carbonyl (C=O) groups excluding carboxylic acids is 3. The van der Waals surface area contributed by atoms with E-state index in [0.29, 0.717) is 5.75 Å². The molecule has 0 bridgehead atoms. The number of ether oxygens (including phenoxy) is 2. The number of para-hydroxylation sites is 1. The van der Waals surface area contributed by atoms with Crippen molar-refractivity contribution in [2.45, 2.75) is 37.8 Å². The lowest BCUT2D eigenvalue weighted by Gasteiger charge is -2.49. The van der Waals surface area contributed by atoms with E-state index in [0.717, 1.165) is 16.7 Å². The lowest BCUT2D eigenvalue weighted by molar-refractivity contribution is -0.159. The number of rotatable bonds is 6. The summed E-state index contributed by atoms with van der Waals surface area (Å²) in [5, 5.41) is 11.5. The Morgan fingerprint density at radius 2 is 1.90 bits per heavy atom. The molecule has 0 aliphatic carbocycles. The second kappa shape index (κ2) is 8.39. The molecule has 2 aliphatic heterocycles. The van der Waals surface area contributed by atoms with Crippen LogP contribution in [0.25, 0.3) is 0 Å². The number of hydrogen-bond acceptors (Lipinski definition) is 7. The summed E-state index contributed by atoms with van der Waals surface area (Å²) in [6.07, 6.45) is 0. The summed E-state index contributed by atoms with van der Waals surface area (Å²) < 4.78 is 10.7. The molecule has 2 amide bonds. The van der Waals surface area contributed by atoms with Crippen LogP contribution in [0.2, 0.25) is 0 Å². The summed E-state index contributed by atoms with van der Waals surface area (Å²) in [5.41, 5.74) is -1.34. The quantitative estimate of drug-likeness (QED) is 0.505. The highest BCUT2D eigenvalue weighted by atomic mass is 32.2. The highest BCUT2D eigenvalue weighted by Gasteiger charge is 2.55. The third-order valence-corrected chi connectivity index (χ3v) is 5.53. The van der Waals surface area contributed by atoms with E-state index in [4.69, 9.17) is 9.47 Å². The summed E-state index contributed by atoms with van der Waals surface area (Å²) in [4.78, 5) is 50.2. The van der Waals surface area contributed by atoms with Crippen LogP contribution < -0.4 is 10.1 Å². The van der Waals surface area contributed by atoms with Gasteiger partial charge in [-0.2, -0.15) is 0 Å². The monoisotopic (exact) mass is 434 g/mol. The van der Waals surface area contributed by atoms with Crippen molar-refractivity contribution in [1.29, 1.82) is 0 Å². The van der Waals surface area contributed by atoms with Gasteiger partial charge in [0, 0.05) is 5.75 Å². The van der Waals surface area contributed by atoms with Gasteiger partial charge in [-0.05, 0) is 32.9 Å². The number of nitrogens with zero attached hydrogens (tertiary/aromatic N) is 1. The standard InChI is InChI=1S/C20H22N2O7S/c1-20(2,3)29-19(27)15-12(18(25)26)10-30-17-14(16(24)22(15)17)21-13(23)9-28-11-7-5-4-6-8-11/h4-8,14,17H,9-10H2,1-3H3,(H,21,23)(H,25,26)/t14?,17-/m0/s1. The molecule has 10 heteroatoms. The maximum Gasteiger partial charge on any atom is 0.356 e. The van der Waals surface area contributed by atoms with Crippen molar-refractivity contribution in [2.75, 3.05) is 12.4 Å². The highest BCUT2D eigenvalue weighted by molar-refractivity contribution is 8.00. The number of nitrogens with one attached hydrogen (secondary N) is 1. The SMILES string of the molecule is CC(C)(C)OC(=O)C1=C(C(=O)O)CS[C@H]2C(NC(=O)COc3ccccc3)C(=O)N12. The van der Waals surface area contributed by atoms with Gasteiger partial charge in [-0.15, -0.1) is 11.8 Å². The summed E-state index contributed by atoms with van der Waals surface area (Å²) >= 11 is 1.16. The van der Waals surface area contributed by atoms with Gasteiger partial charge < -0.3 is 19.9 Å². The van der Waals surface area contributed by atoms with E-state index in [2.05, 4.69) is 5.32 Å². The number of carboxylic acids is 1. The minimum Gasteiger partial charge on any atom is -0.484 e. The van der Waals surface area contributed by atoms with Gasteiger partial charge in [0.1, 0.15) is 28.5 Å². The predicted octanol–water partition coefficient (Wildman–Crippen LogP) is 1.15. The Morgan fingerprint density at radius 3 is 2.50 bits per heavy atom. The van der Waals surface area contributed by atoms with Crippen LogP contribution in [0.3, 0.4) is 0 Å². The van der Waals surface area contributed by atoms with Gasteiger partial charge in [0.15, 0.2) is 6.61 Å². The molecule has 1 saturated heterocycles. The topological polar surface area (TPSA) is 122 Å². The molecule has 1 unspecified atom stereocenters. The van der Waals surface area contributed by atoms with Gasteiger partial charge in [0.2, 0.25) is 0 Å². The average Bonchev–Trinajstić information content (AvgIpc) is 2.68. The molecule has 0 aromatic heterocycles. The Hall–Kier alpha value is -3.01. The minimum absolute atomic E-state index is 0.00520. The van der Waals surface area contributed by atoms with E-state index in [9.17, 15) is 24.3 Å². The van der Waals surface area contributed by atoms with Gasteiger partial charge >= 0.3 is 11.9 Å². The van der Waals surface area contributed by atoms with Crippen molar-refractivity contribution in [3.8, 4) is 5.75 Å². The molecule has 1 fully saturated rings. The molecular weight excluding hydrogens is 412 g/mol. The van der Waals surface area contributed by atoms with Crippen LogP contribution in [-0.4, -0.2) is 63.1 Å². The van der Waals surface area contributed by atoms with Crippen molar-refractivity contribution >= 4 is 35.5 Å². The number of benzene rings is 1. The molecule has 3 rings (SSSR count). The first-order valence-corrected chi connectivity index (χ1v) is 10.2. The van der Waals surface area contributed by atoms with Crippen molar-refractivity contribution < 1.29 is 33.8 Å². The number of fused-ring (bicyclic) bond motifs is 1. The van der Waals surface area contributed by atoms with Crippen LogP contribution in [0.1, 0.15) is 20.8 Å². The number of carboxylic acid groups (broad SMARTS) is 1. The van der Waals surface area contributed by atoms with Gasteiger partial charge in [0.25, 0.3) is 11.8 Å². The zero-order chi connectivity index (χ0) is 22.1. The molecule has 2 aliphatic rings. The molecule has 0 spiro atoms. The smallest absolute Gasteiger partial charge is 0.356 e. The first kappa shape index (κ1) is 21.7. The molecule has 2 heterocycles. The second-order valence-electron chi connectivity index (χ2n) is 7.69. The normalized spacial score (nSPS) is 20.8. The summed E-state index contributed by atoms with van der Waals surface area (Å²) in [6.45, 7) is 4.66. The summed E-state index contributed by atoms with van der Waals surface area (Å²) in [7, 11) is 0. The summed E-state index contributed by atoms with van der Waals surface area (Å²) in [6, 6.07) is 7.87.